The van der Waals surface area contributed by atoms with Crippen LogP contribution >= 0.6 is 0 Å². The standard InChI is InChI=1S/C23H26N2O2/c1-16(2)19-6-5-7-20(14-19)25(4)23(26)13-12-22-24-15-21(27-22)18-10-8-17(3)9-11-18/h5-11,14-16H,12-13H2,1-4H3. The maximum Gasteiger partial charge on any atom is 0.227 e. The molecule has 0 aliphatic rings. The number of amides is 1. The van der Waals surface area contributed by atoms with E-state index >= 15 is 0 Å². The lowest BCUT2D eigenvalue weighted by Gasteiger charge is -2.18. The zero-order valence-corrected chi connectivity index (χ0v) is 16.4. The van der Waals surface area contributed by atoms with E-state index < -0.39 is 0 Å². The molecule has 1 amide bonds. The highest BCUT2D eigenvalue weighted by atomic mass is 16.4. The fourth-order valence-electron chi connectivity index (χ4n) is 2.90. The van der Waals surface area contributed by atoms with Crippen LogP contribution in [0.15, 0.2) is 59.1 Å². The van der Waals surface area contributed by atoms with Crippen LogP contribution in [0.5, 0.6) is 0 Å². The van der Waals surface area contributed by atoms with Crippen LogP contribution in [0.25, 0.3) is 11.3 Å². The highest BCUT2D eigenvalue weighted by Gasteiger charge is 2.14. The summed E-state index contributed by atoms with van der Waals surface area (Å²) in [5, 5.41) is 0. The van der Waals surface area contributed by atoms with Crippen LogP contribution < -0.4 is 4.90 Å². The summed E-state index contributed by atoms with van der Waals surface area (Å²) in [7, 11) is 1.81. The molecule has 0 aliphatic carbocycles. The zero-order chi connectivity index (χ0) is 19.4. The fraction of sp³-hybridized carbons (Fsp3) is 0.304. The molecule has 1 aromatic heterocycles. The van der Waals surface area contributed by atoms with Crippen LogP contribution in [-0.4, -0.2) is 17.9 Å². The number of oxazole rings is 1. The molecule has 4 heteroatoms. The second-order valence-corrected chi connectivity index (χ2v) is 7.19. The van der Waals surface area contributed by atoms with E-state index in [4.69, 9.17) is 4.42 Å². The molecule has 0 saturated heterocycles. The van der Waals surface area contributed by atoms with Gasteiger partial charge in [-0.15, -0.1) is 0 Å². The third kappa shape index (κ3) is 4.64. The Kier molecular flexibility index (Phi) is 5.75. The van der Waals surface area contributed by atoms with E-state index in [0.29, 0.717) is 24.7 Å². The summed E-state index contributed by atoms with van der Waals surface area (Å²) in [4.78, 5) is 18.6. The number of hydrogen-bond acceptors (Lipinski definition) is 3. The van der Waals surface area contributed by atoms with E-state index in [1.807, 2.05) is 43.4 Å². The molecular formula is C23H26N2O2. The van der Waals surface area contributed by atoms with Gasteiger partial charge in [0.1, 0.15) is 0 Å². The molecular weight excluding hydrogens is 336 g/mol. The lowest BCUT2D eigenvalue weighted by molar-refractivity contribution is -0.118. The molecule has 27 heavy (non-hydrogen) atoms. The highest BCUT2D eigenvalue weighted by Crippen LogP contribution is 2.23. The second-order valence-electron chi connectivity index (χ2n) is 7.19. The van der Waals surface area contributed by atoms with Gasteiger partial charge in [-0.1, -0.05) is 55.8 Å². The van der Waals surface area contributed by atoms with Gasteiger partial charge in [-0.3, -0.25) is 4.79 Å². The molecule has 0 spiro atoms. The number of nitrogens with zero attached hydrogens (tertiary/aromatic N) is 2. The molecule has 3 rings (SSSR count). The smallest absolute Gasteiger partial charge is 0.227 e. The number of carbonyl (C=O) groups is 1. The van der Waals surface area contributed by atoms with Gasteiger partial charge in [0.25, 0.3) is 0 Å². The van der Waals surface area contributed by atoms with Crippen molar-refractivity contribution in [3.8, 4) is 11.3 Å². The molecule has 0 unspecified atom stereocenters. The van der Waals surface area contributed by atoms with Crippen LogP contribution in [0.2, 0.25) is 0 Å². The van der Waals surface area contributed by atoms with Crippen molar-refractivity contribution >= 4 is 11.6 Å². The Hall–Kier alpha value is -2.88. The molecule has 0 saturated carbocycles. The van der Waals surface area contributed by atoms with E-state index in [1.54, 1.807) is 11.1 Å². The monoisotopic (exact) mass is 362 g/mol. The first-order valence-corrected chi connectivity index (χ1v) is 9.32. The summed E-state index contributed by atoms with van der Waals surface area (Å²) in [6.45, 7) is 6.35. The van der Waals surface area contributed by atoms with E-state index in [2.05, 4.69) is 37.9 Å². The van der Waals surface area contributed by atoms with Gasteiger partial charge in [-0.05, 0) is 30.5 Å². The molecule has 3 aromatic rings. The van der Waals surface area contributed by atoms with Crippen LogP contribution in [0.3, 0.4) is 0 Å². The van der Waals surface area contributed by atoms with Crippen molar-refractivity contribution in [2.24, 2.45) is 0 Å². The van der Waals surface area contributed by atoms with Gasteiger partial charge in [0.2, 0.25) is 5.91 Å². The zero-order valence-electron chi connectivity index (χ0n) is 16.4. The minimum Gasteiger partial charge on any atom is -0.441 e. The van der Waals surface area contributed by atoms with Gasteiger partial charge in [-0.2, -0.15) is 0 Å². The van der Waals surface area contributed by atoms with Crippen molar-refractivity contribution in [1.82, 2.24) is 4.98 Å². The van der Waals surface area contributed by atoms with Crippen LogP contribution in [0.1, 0.15) is 43.2 Å². The van der Waals surface area contributed by atoms with Crippen LogP contribution in [-0.2, 0) is 11.2 Å². The maximum atomic E-state index is 12.6. The minimum absolute atomic E-state index is 0.0472. The lowest BCUT2D eigenvalue weighted by atomic mass is 10.0. The van der Waals surface area contributed by atoms with Crippen molar-refractivity contribution in [3.63, 3.8) is 0 Å². The molecule has 140 valence electrons. The highest BCUT2D eigenvalue weighted by molar-refractivity contribution is 5.92. The summed E-state index contributed by atoms with van der Waals surface area (Å²) in [6.07, 6.45) is 2.56. The second kappa shape index (κ2) is 8.21. The molecule has 0 radical (unpaired) electrons. The van der Waals surface area contributed by atoms with E-state index in [0.717, 1.165) is 17.0 Å². The predicted octanol–water partition coefficient (Wildman–Crippen LogP) is 5.37. The summed E-state index contributed by atoms with van der Waals surface area (Å²) >= 11 is 0. The van der Waals surface area contributed by atoms with Crippen molar-refractivity contribution in [1.29, 1.82) is 0 Å². The number of benzene rings is 2. The Morgan fingerprint density at radius 1 is 1.15 bits per heavy atom. The summed E-state index contributed by atoms with van der Waals surface area (Å²) in [5.74, 6) is 1.80. The van der Waals surface area contributed by atoms with Crippen LogP contribution in [0, 0.1) is 6.92 Å². The quantitative estimate of drug-likeness (QED) is 0.592. The van der Waals surface area contributed by atoms with Gasteiger partial charge < -0.3 is 9.32 Å². The van der Waals surface area contributed by atoms with Gasteiger partial charge in [0.15, 0.2) is 11.7 Å². The van der Waals surface area contributed by atoms with E-state index in [1.165, 1.54) is 11.1 Å². The molecule has 1 heterocycles. The molecule has 0 atom stereocenters. The Bertz CT molecular complexity index is 910. The topological polar surface area (TPSA) is 46.3 Å². The normalized spacial score (nSPS) is 11.0. The first-order chi connectivity index (χ1) is 12.9. The molecule has 4 nitrogen and oxygen atoms in total. The largest absolute Gasteiger partial charge is 0.441 e. The summed E-state index contributed by atoms with van der Waals surface area (Å²) in [5.41, 5.74) is 4.34. The van der Waals surface area contributed by atoms with Gasteiger partial charge in [0.05, 0.1) is 6.20 Å². The summed E-state index contributed by atoms with van der Waals surface area (Å²) in [6, 6.07) is 16.2. The lowest BCUT2D eigenvalue weighted by Crippen LogP contribution is -2.26. The number of aryl methyl sites for hydroxylation is 2. The Morgan fingerprint density at radius 2 is 1.89 bits per heavy atom. The Morgan fingerprint density at radius 3 is 2.59 bits per heavy atom. The predicted molar refractivity (Wildman–Crippen MR) is 109 cm³/mol. The van der Waals surface area contributed by atoms with Crippen molar-refractivity contribution in [2.75, 3.05) is 11.9 Å². The van der Waals surface area contributed by atoms with Crippen molar-refractivity contribution in [2.45, 2.75) is 39.5 Å². The maximum absolute atomic E-state index is 12.6. The number of aromatic nitrogens is 1. The van der Waals surface area contributed by atoms with Gasteiger partial charge in [-0.25, -0.2) is 4.98 Å². The van der Waals surface area contributed by atoms with E-state index in [-0.39, 0.29) is 5.91 Å². The third-order valence-corrected chi connectivity index (χ3v) is 4.74. The number of carbonyl (C=O) groups excluding carboxylic acids is 1. The first kappa shape index (κ1) is 18.9. The molecule has 0 N–H and O–H groups in total. The molecule has 0 bridgehead atoms. The third-order valence-electron chi connectivity index (χ3n) is 4.74. The number of rotatable bonds is 6. The molecule has 0 fully saturated rings. The van der Waals surface area contributed by atoms with Gasteiger partial charge >= 0.3 is 0 Å². The molecule has 2 aromatic carbocycles. The Labute approximate surface area is 160 Å². The summed E-state index contributed by atoms with van der Waals surface area (Å²) < 4.78 is 5.81. The SMILES string of the molecule is Cc1ccc(-c2cnc(CCC(=O)N(C)c3cccc(C(C)C)c3)o2)cc1. The molecule has 0 aliphatic heterocycles. The Balaban J connectivity index is 1.62. The van der Waals surface area contributed by atoms with Gasteiger partial charge in [0, 0.05) is 31.1 Å². The number of anilines is 1. The minimum atomic E-state index is 0.0472. The average Bonchev–Trinajstić information content (AvgIpc) is 3.15. The first-order valence-electron chi connectivity index (χ1n) is 9.32. The fourth-order valence-corrected chi connectivity index (χ4v) is 2.90. The number of hydrogen-bond donors (Lipinski definition) is 0. The van der Waals surface area contributed by atoms with Crippen molar-refractivity contribution < 1.29 is 9.21 Å². The van der Waals surface area contributed by atoms with Crippen LogP contribution in [0.4, 0.5) is 5.69 Å². The van der Waals surface area contributed by atoms with E-state index in [9.17, 15) is 4.79 Å². The van der Waals surface area contributed by atoms with Crippen molar-refractivity contribution in [3.05, 3.63) is 71.7 Å². The average molecular weight is 362 g/mol.